The quantitative estimate of drug-likeness (QED) is 0.307. The van der Waals surface area contributed by atoms with E-state index >= 15 is 0 Å². The van der Waals surface area contributed by atoms with Gasteiger partial charge in [0.1, 0.15) is 6.04 Å². The maximum atomic E-state index is 13.6. The number of nitrogens with zero attached hydrogens (tertiary/aromatic N) is 1. The Morgan fingerprint density at radius 2 is 1.47 bits per heavy atom. The summed E-state index contributed by atoms with van der Waals surface area (Å²) in [5.41, 5.74) is 2.54. The molecule has 0 spiro atoms. The molecule has 0 bridgehead atoms. The van der Waals surface area contributed by atoms with Crippen LogP contribution in [0.5, 0.6) is 0 Å². The van der Waals surface area contributed by atoms with Gasteiger partial charge < -0.3 is 10.2 Å². The molecular weight excluding hydrogens is 511 g/mol. The SMILES string of the molecule is CC(C)(C)NC(=O)[C@H](Cc1ccccc1)N(Cc1ccccc1)C(=O)CSCc1ccc(Cl)c(Cl)c1. The van der Waals surface area contributed by atoms with Crippen LogP contribution in [0.1, 0.15) is 37.5 Å². The van der Waals surface area contributed by atoms with E-state index in [2.05, 4.69) is 5.32 Å². The van der Waals surface area contributed by atoms with Gasteiger partial charge in [0.05, 0.1) is 15.8 Å². The second kappa shape index (κ2) is 13.2. The Kier molecular flexibility index (Phi) is 10.3. The van der Waals surface area contributed by atoms with Crippen molar-refractivity contribution in [2.75, 3.05) is 5.75 Å². The summed E-state index contributed by atoms with van der Waals surface area (Å²) in [6.45, 7) is 6.19. The van der Waals surface area contributed by atoms with Gasteiger partial charge in [-0.2, -0.15) is 0 Å². The van der Waals surface area contributed by atoms with Gasteiger partial charge in [0.25, 0.3) is 0 Å². The number of rotatable bonds is 10. The number of halogens is 2. The van der Waals surface area contributed by atoms with Gasteiger partial charge in [0.2, 0.25) is 11.8 Å². The highest BCUT2D eigenvalue weighted by Crippen LogP contribution is 2.25. The fourth-order valence-corrected chi connectivity index (χ4v) is 4.93. The normalized spacial score (nSPS) is 12.1. The molecule has 0 aliphatic heterocycles. The van der Waals surface area contributed by atoms with Crippen molar-refractivity contribution in [1.82, 2.24) is 10.2 Å². The highest BCUT2D eigenvalue weighted by molar-refractivity contribution is 7.99. The number of thioether (sulfide) groups is 1. The number of benzene rings is 3. The number of carbonyl (C=O) groups is 2. The smallest absolute Gasteiger partial charge is 0.243 e. The van der Waals surface area contributed by atoms with Crippen LogP contribution in [0.3, 0.4) is 0 Å². The molecule has 0 saturated heterocycles. The zero-order valence-electron chi connectivity index (χ0n) is 20.8. The van der Waals surface area contributed by atoms with E-state index in [1.54, 1.807) is 11.0 Å². The second-order valence-electron chi connectivity index (χ2n) is 9.69. The predicted octanol–water partition coefficient (Wildman–Crippen LogP) is 6.78. The molecule has 7 heteroatoms. The van der Waals surface area contributed by atoms with Gasteiger partial charge in [-0.3, -0.25) is 9.59 Å². The van der Waals surface area contributed by atoms with Crippen molar-refractivity contribution in [1.29, 1.82) is 0 Å². The standard InChI is InChI=1S/C29H32Cl2N2O2S/c1-29(2,3)32-28(35)26(17-21-10-6-4-7-11-21)33(18-22-12-8-5-9-13-22)27(34)20-36-19-23-14-15-24(30)25(31)16-23/h4-16,26H,17-20H2,1-3H3,(H,32,35)/t26-/m0/s1. The summed E-state index contributed by atoms with van der Waals surface area (Å²) in [7, 11) is 0. The molecule has 1 N–H and O–H groups in total. The number of hydrogen-bond donors (Lipinski definition) is 1. The Morgan fingerprint density at radius 1 is 0.861 bits per heavy atom. The molecule has 3 rings (SSSR count). The second-order valence-corrected chi connectivity index (χ2v) is 11.5. The van der Waals surface area contributed by atoms with Crippen molar-refractivity contribution in [3.05, 3.63) is 106 Å². The average molecular weight is 544 g/mol. The Labute approximate surface area is 228 Å². The first-order chi connectivity index (χ1) is 17.1. The molecule has 0 aliphatic carbocycles. The summed E-state index contributed by atoms with van der Waals surface area (Å²) in [6, 6.07) is 24.4. The van der Waals surface area contributed by atoms with Crippen LogP contribution in [0.25, 0.3) is 0 Å². The highest BCUT2D eigenvalue weighted by atomic mass is 35.5. The Hall–Kier alpha value is -2.47. The number of amides is 2. The molecule has 0 radical (unpaired) electrons. The van der Waals surface area contributed by atoms with E-state index in [4.69, 9.17) is 23.2 Å². The minimum absolute atomic E-state index is 0.0890. The first-order valence-electron chi connectivity index (χ1n) is 11.8. The van der Waals surface area contributed by atoms with Crippen molar-refractivity contribution in [3.8, 4) is 0 Å². The molecule has 0 aliphatic rings. The van der Waals surface area contributed by atoms with Crippen molar-refractivity contribution < 1.29 is 9.59 Å². The molecule has 3 aromatic carbocycles. The highest BCUT2D eigenvalue weighted by Gasteiger charge is 2.32. The first kappa shape index (κ1) is 28.1. The molecule has 36 heavy (non-hydrogen) atoms. The number of carbonyl (C=O) groups excluding carboxylic acids is 2. The summed E-state index contributed by atoms with van der Waals surface area (Å²) >= 11 is 13.7. The molecule has 2 amide bonds. The van der Waals surface area contributed by atoms with Crippen molar-refractivity contribution >= 4 is 46.8 Å². The lowest BCUT2D eigenvalue weighted by molar-refractivity contribution is -0.140. The van der Waals surface area contributed by atoms with Gasteiger partial charge in [-0.15, -0.1) is 11.8 Å². The topological polar surface area (TPSA) is 49.4 Å². The third-order valence-corrected chi connectivity index (χ3v) is 7.17. The third kappa shape index (κ3) is 8.88. The van der Waals surface area contributed by atoms with Gasteiger partial charge in [0.15, 0.2) is 0 Å². The zero-order chi connectivity index (χ0) is 26.1. The van der Waals surface area contributed by atoms with Crippen LogP contribution < -0.4 is 5.32 Å². The number of nitrogens with one attached hydrogen (secondary N) is 1. The molecule has 1 atom stereocenters. The van der Waals surface area contributed by atoms with Crippen molar-refractivity contribution in [2.24, 2.45) is 0 Å². The van der Waals surface area contributed by atoms with Crippen molar-refractivity contribution in [3.63, 3.8) is 0 Å². The van der Waals surface area contributed by atoms with E-state index in [1.165, 1.54) is 11.8 Å². The Bertz CT molecular complexity index is 1150. The van der Waals surface area contributed by atoms with Crippen LogP contribution in [0.15, 0.2) is 78.9 Å². The molecule has 0 saturated carbocycles. The van der Waals surface area contributed by atoms with E-state index in [-0.39, 0.29) is 17.6 Å². The minimum Gasteiger partial charge on any atom is -0.350 e. The molecule has 0 unspecified atom stereocenters. The van der Waals surface area contributed by atoms with E-state index in [0.717, 1.165) is 16.7 Å². The fourth-order valence-electron chi connectivity index (χ4n) is 3.76. The zero-order valence-corrected chi connectivity index (χ0v) is 23.2. The van der Waals surface area contributed by atoms with Crippen LogP contribution in [0.2, 0.25) is 10.0 Å². The van der Waals surface area contributed by atoms with E-state index < -0.39 is 11.6 Å². The van der Waals surface area contributed by atoms with Gasteiger partial charge in [-0.1, -0.05) is 89.9 Å². The van der Waals surface area contributed by atoms with Crippen LogP contribution in [-0.4, -0.2) is 34.0 Å². The molecule has 0 heterocycles. The maximum Gasteiger partial charge on any atom is 0.243 e. The summed E-state index contributed by atoms with van der Waals surface area (Å²) < 4.78 is 0. The molecular formula is C29H32Cl2N2O2S. The van der Waals surface area contributed by atoms with Crippen LogP contribution >= 0.6 is 35.0 Å². The van der Waals surface area contributed by atoms with E-state index in [9.17, 15) is 9.59 Å². The Morgan fingerprint density at radius 3 is 2.06 bits per heavy atom. The summed E-state index contributed by atoms with van der Waals surface area (Å²) in [5.74, 6) is 0.597. The van der Waals surface area contributed by atoms with E-state index in [1.807, 2.05) is 93.6 Å². The summed E-state index contributed by atoms with van der Waals surface area (Å²) in [4.78, 5) is 28.9. The van der Waals surface area contributed by atoms with Gasteiger partial charge >= 0.3 is 0 Å². The number of hydrogen-bond acceptors (Lipinski definition) is 3. The molecule has 4 nitrogen and oxygen atoms in total. The molecule has 3 aromatic rings. The Balaban J connectivity index is 1.84. The molecule has 190 valence electrons. The fraction of sp³-hybridized carbons (Fsp3) is 0.310. The van der Waals surface area contributed by atoms with Gasteiger partial charge in [-0.05, 0) is 49.6 Å². The summed E-state index contributed by atoms with van der Waals surface area (Å²) in [5, 5.41) is 4.09. The van der Waals surface area contributed by atoms with Crippen LogP contribution in [-0.2, 0) is 28.3 Å². The lowest BCUT2D eigenvalue weighted by Crippen LogP contribution is -2.54. The van der Waals surface area contributed by atoms with Gasteiger partial charge in [-0.25, -0.2) is 0 Å². The molecule has 0 aromatic heterocycles. The lowest BCUT2D eigenvalue weighted by Gasteiger charge is -2.34. The van der Waals surface area contributed by atoms with E-state index in [0.29, 0.717) is 28.8 Å². The van der Waals surface area contributed by atoms with Crippen LogP contribution in [0.4, 0.5) is 0 Å². The minimum atomic E-state index is -0.648. The largest absolute Gasteiger partial charge is 0.350 e. The lowest BCUT2D eigenvalue weighted by atomic mass is 10.0. The monoisotopic (exact) mass is 542 g/mol. The van der Waals surface area contributed by atoms with Crippen LogP contribution in [0, 0.1) is 0 Å². The van der Waals surface area contributed by atoms with Crippen molar-refractivity contribution in [2.45, 2.75) is 51.1 Å². The third-order valence-electron chi connectivity index (χ3n) is 5.44. The molecule has 0 fully saturated rings. The maximum absolute atomic E-state index is 13.6. The average Bonchev–Trinajstić information content (AvgIpc) is 2.83. The predicted molar refractivity (Wildman–Crippen MR) is 151 cm³/mol. The summed E-state index contributed by atoms with van der Waals surface area (Å²) in [6.07, 6.45) is 0.429. The first-order valence-corrected chi connectivity index (χ1v) is 13.7. The van der Waals surface area contributed by atoms with Gasteiger partial charge in [0, 0.05) is 24.3 Å².